The first-order valence-electron chi connectivity index (χ1n) is 21.6. The Kier molecular flexibility index (Phi) is 8.03. The largest absolute Gasteiger partial charge is 0.456 e. The highest BCUT2D eigenvalue weighted by atomic mass is 16.3. The van der Waals surface area contributed by atoms with Crippen molar-refractivity contribution in [1.82, 2.24) is 15.0 Å². The second kappa shape index (κ2) is 14.2. The summed E-state index contributed by atoms with van der Waals surface area (Å²) in [6.07, 6.45) is 1.80. The van der Waals surface area contributed by atoms with Crippen molar-refractivity contribution >= 4 is 54.6 Å². The van der Waals surface area contributed by atoms with E-state index in [0.717, 1.165) is 90.1 Å². The summed E-state index contributed by atoms with van der Waals surface area (Å²) >= 11 is 0. The van der Waals surface area contributed by atoms with E-state index in [4.69, 9.17) is 23.8 Å². The van der Waals surface area contributed by atoms with Crippen LogP contribution in [0.25, 0.3) is 111 Å². The number of hydrogen-bond donors (Lipinski definition) is 0. The summed E-state index contributed by atoms with van der Waals surface area (Å²) in [4.78, 5) is 16.1. The molecule has 5 nitrogen and oxygen atoms in total. The van der Waals surface area contributed by atoms with Crippen LogP contribution in [0.4, 0.5) is 0 Å². The first kappa shape index (κ1) is 35.6. The molecule has 12 aromatic rings. The van der Waals surface area contributed by atoms with Gasteiger partial charge in [0.25, 0.3) is 0 Å². The van der Waals surface area contributed by atoms with E-state index in [-0.39, 0.29) is 5.92 Å². The van der Waals surface area contributed by atoms with Gasteiger partial charge in [-0.25, -0.2) is 15.0 Å². The van der Waals surface area contributed by atoms with E-state index in [1.54, 1.807) is 0 Å². The van der Waals surface area contributed by atoms with Crippen molar-refractivity contribution in [3.63, 3.8) is 0 Å². The van der Waals surface area contributed by atoms with Gasteiger partial charge in [0.2, 0.25) is 0 Å². The average molecular weight is 808 g/mol. The van der Waals surface area contributed by atoms with E-state index in [1.165, 1.54) is 33.0 Å². The van der Waals surface area contributed by atoms with E-state index in [0.29, 0.717) is 17.5 Å². The zero-order valence-corrected chi connectivity index (χ0v) is 34.1. The molecular formula is C58H37N3O2. The molecule has 0 aliphatic heterocycles. The number of rotatable bonds is 5. The van der Waals surface area contributed by atoms with Crippen LogP contribution in [0.2, 0.25) is 0 Å². The maximum absolute atomic E-state index is 6.65. The summed E-state index contributed by atoms with van der Waals surface area (Å²) in [6, 6.07) is 68.5. The second-order valence-corrected chi connectivity index (χ2v) is 16.6. The Morgan fingerprint density at radius 1 is 0.365 bits per heavy atom. The third-order valence-corrected chi connectivity index (χ3v) is 13.0. The molecule has 3 aromatic heterocycles. The number of benzene rings is 9. The highest BCUT2D eigenvalue weighted by Crippen LogP contribution is 2.47. The van der Waals surface area contributed by atoms with Crippen LogP contribution in [0.1, 0.15) is 29.0 Å². The summed E-state index contributed by atoms with van der Waals surface area (Å²) in [5, 5.41) is 6.66. The van der Waals surface area contributed by atoms with Crippen LogP contribution in [-0.4, -0.2) is 15.0 Å². The van der Waals surface area contributed by atoms with Crippen LogP contribution in [0, 0.1) is 0 Å². The Morgan fingerprint density at radius 3 is 1.79 bits per heavy atom. The lowest BCUT2D eigenvalue weighted by Gasteiger charge is -2.22. The Labute approximate surface area is 363 Å². The Morgan fingerprint density at radius 2 is 0.968 bits per heavy atom. The maximum atomic E-state index is 6.65. The third kappa shape index (κ3) is 5.88. The number of aromatic nitrogens is 3. The number of aryl methyl sites for hydroxylation is 1. The molecule has 0 bridgehead atoms. The van der Waals surface area contributed by atoms with Crippen LogP contribution in [0.3, 0.4) is 0 Å². The van der Waals surface area contributed by atoms with Crippen molar-refractivity contribution in [3.8, 4) is 56.4 Å². The molecule has 0 saturated carbocycles. The van der Waals surface area contributed by atoms with Crippen molar-refractivity contribution in [2.24, 2.45) is 0 Å². The SMILES string of the molecule is c1ccc(-c2ccc(-c3nc(-c4cc5c(cc4C4CCc6cc7ccccc7cc6-c6ccccc64)oc4ccccc45)nc(-c4cccc5c4oc4ccccc45)n3)cc2)cc1. The molecule has 0 radical (unpaired) electrons. The van der Waals surface area contributed by atoms with Crippen molar-refractivity contribution in [2.75, 3.05) is 0 Å². The molecule has 5 heteroatoms. The van der Waals surface area contributed by atoms with Crippen LogP contribution in [-0.2, 0) is 6.42 Å². The molecule has 1 aliphatic carbocycles. The van der Waals surface area contributed by atoms with Gasteiger partial charge in [-0.15, -0.1) is 0 Å². The van der Waals surface area contributed by atoms with Crippen LogP contribution < -0.4 is 0 Å². The first-order valence-corrected chi connectivity index (χ1v) is 21.6. The summed E-state index contributed by atoms with van der Waals surface area (Å²) in [5.41, 5.74) is 14.5. The van der Waals surface area contributed by atoms with Gasteiger partial charge in [0.05, 0.1) is 5.56 Å². The first-order chi connectivity index (χ1) is 31.2. The number of nitrogens with zero attached hydrogens (tertiary/aromatic N) is 3. The summed E-state index contributed by atoms with van der Waals surface area (Å²) in [7, 11) is 0. The Bertz CT molecular complexity index is 3750. The highest BCUT2D eigenvalue weighted by molar-refractivity contribution is 6.09. The lowest BCUT2D eigenvalue weighted by molar-refractivity contribution is 0.665. The molecule has 1 atom stereocenters. The van der Waals surface area contributed by atoms with Gasteiger partial charge >= 0.3 is 0 Å². The van der Waals surface area contributed by atoms with Crippen LogP contribution >= 0.6 is 0 Å². The van der Waals surface area contributed by atoms with Gasteiger partial charge in [-0.3, -0.25) is 0 Å². The summed E-state index contributed by atoms with van der Waals surface area (Å²) in [5.74, 6) is 1.75. The fourth-order valence-corrected chi connectivity index (χ4v) is 9.95. The van der Waals surface area contributed by atoms with Gasteiger partial charge in [0, 0.05) is 38.6 Å². The van der Waals surface area contributed by atoms with Gasteiger partial charge in [-0.1, -0.05) is 158 Å². The molecule has 0 fully saturated rings. The van der Waals surface area contributed by atoms with Gasteiger partial charge in [0.15, 0.2) is 17.5 Å². The Balaban J connectivity index is 1.06. The summed E-state index contributed by atoms with van der Waals surface area (Å²) < 4.78 is 13.3. The lowest BCUT2D eigenvalue weighted by atomic mass is 9.82. The molecule has 9 aromatic carbocycles. The average Bonchev–Trinajstić information content (AvgIpc) is 3.87. The van der Waals surface area contributed by atoms with Crippen molar-refractivity contribution in [2.45, 2.75) is 18.8 Å². The van der Waals surface area contributed by atoms with E-state index in [1.807, 2.05) is 36.4 Å². The van der Waals surface area contributed by atoms with Crippen LogP contribution in [0.15, 0.2) is 203 Å². The second-order valence-electron chi connectivity index (χ2n) is 16.6. The fraction of sp³-hybridized carbons (Fsp3) is 0.0517. The van der Waals surface area contributed by atoms with Gasteiger partial charge in [-0.2, -0.15) is 0 Å². The molecule has 296 valence electrons. The molecule has 0 amide bonds. The fourth-order valence-electron chi connectivity index (χ4n) is 9.95. The zero-order valence-electron chi connectivity index (χ0n) is 34.1. The van der Waals surface area contributed by atoms with Crippen molar-refractivity contribution in [1.29, 1.82) is 0 Å². The smallest absolute Gasteiger partial charge is 0.167 e. The van der Waals surface area contributed by atoms with Gasteiger partial charge < -0.3 is 8.83 Å². The molecular weight excluding hydrogens is 771 g/mol. The third-order valence-electron chi connectivity index (χ3n) is 13.0. The molecule has 0 N–H and O–H groups in total. The zero-order chi connectivity index (χ0) is 41.4. The number of fused-ring (bicyclic) bond motifs is 10. The van der Waals surface area contributed by atoms with E-state index < -0.39 is 0 Å². The number of hydrogen-bond acceptors (Lipinski definition) is 5. The monoisotopic (exact) mass is 807 g/mol. The number of para-hydroxylation sites is 3. The van der Waals surface area contributed by atoms with E-state index >= 15 is 0 Å². The molecule has 13 rings (SSSR count). The van der Waals surface area contributed by atoms with Crippen LogP contribution in [0.5, 0.6) is 0 Å². The van der Waals surface area contributed by atoms with Gasteiger partial charge in [-0.05, 0) is 99.0 Å². The Hall–Kier alpha value is -8.15. The van der Waals surface area contributed by atoms with E-state index in [9.17, 15) is 0 Å². The summed E-state index contributed by atoms with van der Waals surface area (Å²) in [6.45, 7) is 0. The van der Waals surface area contributed by atoms with Crippen molar-refractivity contribution in [3.05, 3.63) is 211 Å². The predicted octanol–water partition coefficient (Wildman–Crippen LogP) is 15.2. The van der Waals surface area contributed by atoms with Gasteiger partial charge in [0.1, 0.15) is 22.3 Å². The molecule has 63 heavy (non-hydrogen) atoms. The molecule has 3 heterocycles. The number of furan rings is 2. The topological polar surface area (TPSA) is 65.0 Å². The predicted molar refractivity (Wildman–Crippen MR) is 256 cm³/mol. The highest BCUT2D eigenvalue weighted by Gasteiger charge is 2.29. The van der Waals surface area contributed by atoms with E-state index in [2.05, 4.69) is 158 Å². The quantitative estimate of drug-likeness (QED) is 0.173. The molecule has 1 unspecified atom stereocenters. The molecule has 0 saturated heterocycles. The normalized spacial score (nSPS) is 13.7. The minimum Gasteiger partial charge on any atom is -0.456 e. The van der Waals surface area contributed by atoms with Crippen molar-refractivity contribution < 1.29 is 8.83 Å². The molecule has 0 spiro atoms. The standard InChI is InChI=1S/C58H37N3O2/c1-2-13-35(14-3-1)36-25-27-37(28-26-36)56-59-57(47-22-12-21-46-44-19-8-11-24-53(44)63-55(46)47)61-58(60-56)51-33-50-45-20-9-10-23-52(45)62-54(50)34-49(51)43-30-29-40-31-38-15-4-5-16-39(38)32-48(40)42-18-7-6-17-41(42)43/h1-28,31-34,43H,29-30H2. The molecule has 1 aliphatic rings. The maximum Gasteiger partial charge on any atom is 0.167 e. The minimum absolute atomic E-state index is 0.0111. The lowest BCUT2D eigenvalue weighted by Crippen LogP contribution is -2.07. The minimum atomic E-state index is 0.0111.